The Labute approximate surface area is 137 Å². The number of carbonyl (C=O) groups is 1. The smallest absolute Gasteiger partial charge is 0.222 e. The first kappa shape index (κ1) is 17.4. The number of aromatic nitrogens is 1. The van der Waals surface area contributed by atoms with Crippen LogP contribution in [0.2, 0.25) is 0 Å². The topological polar surface area (TPSA) is 69.5 Å². The Morgan fingerprint density at radius 2 is 2.22 bits per heavy atom. The van der Waals surface area contributed by atoms with Crippen molar-refractivity contribution in [2.24, 2.45) is 0 Å². The molecule has 1 fully saturated rings. The Kier molecular flexibility index (Phi) is 7.50. The average molecular weight is 316 g/mol. The molecule has 0 atom stereocenters. The van der Waals surface area contributed by atoms with E-state index in [1.54, 1.807) is 12.4 Å². The molecule has 1 amide bonds. The Morgan fingerprint density at radius 3 is 2.91 bits per heavy atom. The Balaban J connectivity index is 1.80. The predicted molar refractivity (Wildman–Crippen MR) is 86.6 cm³/mol. The third-order valence-corrected chi connectivity index (χ3v) is 3.99. The Hall–Kier alpha value is -1.97. The summed E-state index contributed by atoms with van der Waals surface area (Å²) in [5.41, 5.74) is 1.06. The summed E-state index contributed by atoms with van der Waals surface area (Å²) < 4.78 is 5.34. The molecule has 1 saturated heterocycles. The first-order chi connectivity index (χ1) is 11.3. The molecule has 0 saturated carbocycles. The molecule has 1 aliphatic heterocycles. The summed E-state index contributed by atoms with van der Waals surface area (Å²) in [7, 11) is 0. The summed E-state index contributed by atoms with van der Waals surface area (Å²) >= 11 is 0. The molecule has 1 aromatic heterocycles. The van der Waals surface area contributed by atoms with E-state index in [4.69, 9.17) is 10.00 Å². The van der Waals surface area contributed by atoms with E-state index in [1.165, 1.54) is 0 Å². The van der Waals surface area contributed by atoms with E-state index in [1.807, 2.05) is 17.0 Å². The third-order valence-electron chi connectivity index (χ3n) is 3.99. The molecule has 0 unspecified atom stereocenters. The summed E-state index contributed by atoms with van der Waals surface area (Å²) in [5, 5.41) is 8.80. The lowest BCUT2D eigenvalue weighted by atomic mass is 10.1. The van der Waals surface area contributed by atoms with Crippen LogP contribution in [0, 0.1) is 11.3 Å². The van der Waals surface area contributed by atoms with Gasteiger partial charge < -0.3 is 9.64 Å². The lowest BCUT2D eigenvalue weighted by Gasteiger charge is -2.30. The fourth-order valence-electron chi connectivity index (χ4n) is 2.59. The molecule has 23 heavy (non-hydrogen) atoms. The summed E-state index contributed by atoms with van der Waals surface area (Å²) in [6.07, 6.45) is 5.04. The number of morpholine rings is 1. The molecule has 0 bridgehead atoms. The molecule has 2 heterocycles. The number of hydrogen-bond donors (Lipinski definition) is 0. The van der Waals surface area contributed by atoms with Crippen LogP contribution in [0.5, 0.6) is 0 Å². The standard InChI is InChI=1S/C17H24N4O2/c18-6-2-8-21(10-9-20-11-13-23-14-12-20)17(22)5-4-16-3-1-7-19-15-16/h1,3,7,15H,2,4-5,8-14H2. The van der Waals surface area contributed by atoms with E-state index in [-0.39, 0.29) is 5.91 Å². The molecule has 1 aromatic rings. The molecular weight excluding hydrogens is 292 g/mol. The van der Waals surface area contributed by atoms with Gasteiger partial charge in [0, 0.05) is 51.5 Å². The second kappa shape index (κ2) is 9.93. The number of hydrogen-bond acceptors (Lipinski definition) is 5. The van der Waals surface area contributed by atoms with Crippen LogP contribution in [0.3, 0.4) is 0 Å². The molecule has 1 aliphatic rings. The lowest BCUT2D eigenvalue weighted by Crippen LogP contribution is -2.43. The maximum absolute atomic E-state index is 12.4. The quantitative estimate of drug-likeness (QED) is 0.718. The van der Waals surface area contributed by atoms with Crippen LogP contribution >= 0.6 is 0 Å². The van der Waals surface area contributed by atoms with Gasteiger partial charge in [-0.3, -0.25) is 14.7 Å². The highest BCUT2D eigenvalue weighted by Crippen LogP contribution is 2.05. The fraction of sp³-hybridized carbons (Fsp3) is 0.588. The average Bonchev–Trinajstić information content (AvgIpc) is 2.61. The van der Waals surface area contributed by atoms with Gasteiger partial charge in [-0.15, -0.1) is 0 Å². The van der Waals surface area contributed by atoms with Gasteiger partial charge in [0.05, 0.1) is 25.7 Å². The van der Waals surface area contributed by atoms with Crippen molar-refractivity contribution in [1.82, 2.24) is 14.8 Å². The van der Waals surface area contributed by atoms with Gasteiger partial charge in [-0.1, -0.05) is 6.07 Å². The normalized spacial score (nSPS) is 15.1. The van der Waals surface area contributed by atoms with Crippen molar-refractivity contribution in [3.63, 3.8) is 0 Å². The fourth-order valence-corrected chi connectivity index (χ4v) is 2.59. The van der Waals surface area contributed by atoms with E-state index in [2.05, 4.69) is 16.0 Å². The SMILES string of the molecule is N#CCCN(CCN1CCOCC1)C(=O)CCc1cccnc1. The largest absolute Gasteiger partial charge is 0.379 e. The van der Waals surface area contributed by atoms with E-state index in [0.717, 1.165) is 38.4 Å². The van der Waals surface area contributed by atoms with Crippen LogP contribution < -0.4 is 0 Å². The lowest BCUT2D eigenvalue weighted by molar-refractivity contribution is -0.131. The molecule has 6 nitrogen and oxygen atoms in total. The van der Waals surface area contributed by atoms with Gasteiger partial charge in [-0.2, -0.15) is 5.26 Å². The first-order valence-corrected chi connectivity index (χ1v) is 8.13. The number of rotatable bonds is 8. The van der Waals surface area contributed by atoms with Crippen molar-refractivity contribution in [2.45, 2.75) is 19.3 Å². The minimum Gasteiger partial charge on any atom is -0.379 e. The first-order valence-electron chi connectivity index (χ1n) is 8.13. The van der Waals surface area contributed by atoms with Gasteiger partial charge in [-0.05, 0) is 18.1 Å². The van der Waals surface area contributed by atoms with Crippen molar-refractivity contribution in [2.75, 3.05) is 45.9 Å². The predicted octanol–water partition coefficient (Wildman–Crippen LogP) is 1.09. The van der Waals surface area contributed by atoms with Crippen molar-refractivity contribution in [1.29, 1.82) is 5.26 Å². The molecule has 0 spiro atoms. The van der Waals surface area contributed by atoms with Crippen LogP contribution in [-0.2, 0) is 16.0 Å². The number of aryl methyl sites for hydroxylation is 1. The van der Waals surface area contributed by atoms with Gasteiger partial charge in [0.2, 0.25) is 5.91 Å². The number of amides is 1. The number of nitrogens with zero attached hydrogens (tertiary/aromatic N) is 4. The van der Waals surface area contributed by atoms with Gasteiger partial charge in [-0.25, -0.2) is 0 Å². The van der Waals surface area contributed by atoms with E-state index < -0.39 is 0 Å². The van der Waals surface area contributed by atoms with Crippen molar-refractivity contribution in [3.05, 3.63) is 30.1 Å². The van der Waals surface area contributed by atoms with Crippen LogP contribution in [0.25, 0.3) is 0 Å². The van der Waals surface area contributed by atoms with Crippen LogP contribution in [0.1, 0.15) is 18.4 Å². The van der Waals surface area contributed by atoms with Crippen molar-refractivity contribution < 1.29 is 9.53 Å². The Bertz CT molecular complexity index is 509. The van der Waals surface area contributed by atoms with Gasteiger partial charge >= 0.3 is 0 Å². The molecule has 0 aromatic carbocycles. The number of carbonyl (C=O) groups excluding carboxylic acids is 1. The van der Waals surface area contributed by atoms with Crippen LogP contribution in [0.15, 0.2) is 24.5 Å². The molecule has 2 rings (SSSR count). The molecule has 6 heteroatoms. The second-order valence-electron chi connectivity index (χ2n) is 5.60. The van der Waals surface area contributed by atoms with E-state index in [0.29, 0.717) is 32.4 Å². The summed E-state index contributed by atoms with van der Waals surface area (Å²) in [6, 6.07) is 5.99. The van der Waals surface area contributed by atoms with Gasteiger partial charge in [0.1, 0.15) is 0 Å². The van der Waals surface area contributed by atoms with Crippen molar-refractivity contribution >= 4 is 5.91 Å². The zero-order valence-corrected chi connectivity index (χ0v) is 13.5. The number of nitriles is 1. The van der Waals surface area contributed by atoms with Gasteiger partial charge in [0.15, 0.2) is 0 Å². The summed E-state index contributed by atoms with van der Waals surface area (Å²) in [4.78, 5) is 20.6. The van der Waals surface area contributed by atoms with Gasteiger partial charge in [0.25, 0.3) is 0 Å². The highest BCUT2D eigenvalue weighted by Gasteiger charge is 2.16. The molecule has 0 N–H and O–H groups in total. The molecule has 124 valence electrons. The summed E-state index contributed by atoms with van der Waals surface area (Å²) in [5.74, 6) is 0.109. The molecule has 0 radical (unpaired) electrons. The maximum atomic E-state index is 12.4. The monoisotopic (exact) mass is 316 g/mol. The zero-order valence-electron chi connectivity index (χ0n) is 13.5. The van der Waals surface area contributed by atoms with Crippen LogP contribution in [0.4, 0.5) is 0 Å². The minimum absolute atomic E-state index is 0.109. The van der Waals surface area contributed by atoms with E-state index in [9.17, 15) is 4.79 Å². The maximum Gasteiger partial charge on any atom is 0.222 e. The molecular formula is C17H24N4O2. The zero-order chi connectivity index (χ0) is 16.3. The van der Waals surface area contributed by atoms with Crippen molar-refractivity contribution in [3.8, 4) is 6.07 Å². The number of pyridine rings is 1. The molecule has 0 aliphatic carbocycles. The summed E-state index contributed by atoms with van der Waals surface area (Å²) in [6.45, 7) is 5.36. The second-order valence-corrected chi connectivity index (χ2v) is 5.60. The number of ether oxygens (including phenoxy) is 1. The third kappa shape index (κ3) is 6.35. The van der Waals surface area contributed by atoms with E-state index >= 15 is 0 Å². The minimum atomic E-state index is 0.109. The highest BCUT2D eigenvalue weighted by atomic mass is 16.5. The highest BCUT2D eigenvalue weighted by molar-refractivity contribution is 5.76. The van der Waals surface area contributed by atoms with Crippen LogP contribution in [-0.4, -0.2) is 66.6 Å². The Morgan fingerprint density at radius 1 is 1.39 bits per heavy atom.